The zero-order chi connectivity index (χ0) is 19.1. The number of allylic oxidation sites excluding steroid dienone is 2. The molecule has 0 saturated heterocycles. The number of benzene rings is 2. The highest BCUT2D eigenvalue weighted by atomic mass is 32.2. The number of ether oxygens (including phenoxy) is 1. The van der Waals surface area contributed by atoms with Crippen LogP contribution < -0.4 is 10.1 Å². The van der Waals surface area contributed by atoms with Crippen LogP contribution in [0.2, 0.25) is 0 Å². The number of thioether (sulfide) groups is 1. The van der Waals surface area contributed by atoms with Crippen LogP contribution in [0.25, 0.3) is 11.1 Å². The van der Waals surface area contributed by atoms with Gasteiger partial charge in [0.15, 0.2) is 0 Å². The molecule has 0 spiro atoms. The van der Waals surface area contributed by atoms with Gasteiger partial charge in [0.1, 0.15) is 11.9 Å². The number of fused-ring (bicyclic) bond motifs is 3. The molecule has 28 heavy (non-hydrogen) atoms. The lowest BCUT2D eigenvalue weighted by Crippen LogP contribution is -2.39. The van der Waals surface area contributed by atoms with Gasteiger partial charge in [-0.05, 0) is 71.9 Å². The highest BCUT2D eigenvalue weighted by Crippen LogP contribution is 2.43. The van der Waals surface area contributed by atoms with E-state index in [1.807, 2.05) is 0 Å². The molecule has 4 heteroatoms. The highest BCUT2D eigenvalue weighted by Gasteiger charge is 2.40. The van der Waals surface area contributed by atoms with E-state index in [-0.39, 0.29) is 17.9 Å². The molecule has 0 radical (unpaired) electrons. The Kier molecular flexibility index (Phi) is 4.67. The lowest BCUT2D eigenvalue weighted by atomic mass is 9.93. The standard InChI is InChI=1S/C24H25NO2S/c1-28-21-7-4-16(5-8-21)17-6-9-23-19(12-17)13-20(27-23)14-25-24(26)22-11-15-2-3-18(22)10-15/h2-9,12,15,18,20,22H,10-11,13-14H2,1H3,(H,25,26)/t15-,18+,20?,22+/m0/s1. The molecule has 1 saturated carbocycles. The number of hydrogen-bond donors (Lipinski definition) is 1. The third kappa shape index (κ3) is 3.35. The summed E-state index contributed by atoms with van der Waals surface area (Å²) in [4.78, 5) is 13.8. The second-order valence-electron chi connectivity index (χ2n) is 8.13. The van der Waals surface area contributed by atoms with Crippen LogP contribution in [0.15, 0.2) is 59.5 Å². The summed E-state index contributed by atoms with van der Waals surface area (Å²) < 4.78 is 6.08. The van der Waals surface area contributed by atoms with Crippen LogP contribution in [0.4, 0.5) is 0 Å². The van der Waals surface area contributed by atoms with Crippen molar-refractivity contribution in [1.29, 1.82) is 0 Å². The fourth-order valence-corrected chi connectivity index (χ4v) is 5.23. The van der Waals surface area contributed by atoms with Gasteiger partial charge < -0.3 is 10.1 Å². The van der Waals surface area contributed by atoms with Crippen molar-refractivity contribution in [3.05, 3.63) is 60.2 Å². The SMILES string of the molecule is CSc1ccc(-c2ccc3c(c2)CC(CNC(=O)[C@@H]2C[C@H]4C=C[C@@H]2C4)O3)cc1. The lowest BCUT2D eigenvalue weighted by Gasteiger charge is -2.19. The molecule has 2 aromatic rings. The van der Waals surface area contributed by atoms with Gasteiger partial charge in [0.05, 0.1) is 6.54 Å². The lowest BCUT2D eigenvalue weighted by molar-refractivity contribution is -0.126. The van der Waals surface area contributed by atoms with E-state index in [1.165, 1.54) is 21.6 Å². The van der Waals surface area contributed by atoms with Gasteiger partial charge in [0.2, 0.25) is 5.91 Å². The predicted octanol–water partition coefficient (Wildman–Crippen LogP) is 4.71. The normalized spacial score (nSPS) is 26.9. The summed E-state index contributed by atoms with van der Waals surface area (Å²) in [5.41, 5.74) is 3.67. The molecule has 3 nitrogen and oxygen atoms in total. The molecule has 144 valence electrons. The molecule has 2 aliphatic carbocycles. The Morgan fingerprint density at radius 3 is 2.64 bits per heavy atom. The molecule has 2 bridgehead atoms. The first kappa shape index (κ1) is 17.9. The van der Waals surface area contributed by atoms with E-state index in [1.54, 1.807) is 11.8 Å². The zero-order valence-corrected chi connectivity index (χ0v) is 16.9. The van der Waals surface area contributed by atoms with Crippen molar-refractivity contribution in [3.63, 3.8) is 0 Å². The smallest absolute Gasteiger partial charge is 0.223 e. The van der Waals surface area contributed by atoms with Crippen LogP contribution >= 0.6 is 11.8 Å². The molecular formula is C24H25NO2S. The van der Waals surface area contributed by atoms with E-state index < -0.39 is 0 Å². The Hall–Kier alpha value is -2.20. The molecule has 1 N–H and O–H groups in total. The van der Waals surface area contributed by atoms with E-state index in [2.05, 4.69) is 66.2 Å². The molecule has 4 atom stereocenters. The molecule has 5 rings (SSSR count). The summed E-state index contributed by atoms with van der Waals surface area (Å²) in [6.07, 6.45) is 9.65. The minimum atomic E-state index is 0.0298. The first-order chi connectivity index (χ1) is 13.7. The van der Waals surface area contributed by atoms with Gasteiger partial charge in [-0.15, -0.1) is 11.8 Å². The number of nitrogens with one attached hydrogen (secondary N) is 1. The number of carbonyl (C=O) groups excluding carboxylic acids is 1. The summed E-state index contributed by atoms with van der Waals surface area (Å²) in [7, 11) is 0. The Labute approximate surface area is 170 Å². The highest BCUT2D eigenvalue weighted by molar-refractivity contribution is 7.98. The minimum Gasteiger partial charge on any atom is -0.488 e. The quantitative estimate of drug-likeness (QED) is 0.593. The molecule has 1 amide bonds. The first-order valence-electron chi connectivity index (χ1n) is 10.1. The average molecular weight is 392 g/mol. The molecule has 2 aromatic carbocycles. The van der Waals surface area contributed by atoms with E-state index in [4.69, 9.17) is 4.74 Å². The largest absolute Gasteiger partial charge is 0.488 e. The molecular weight excluding hydrogens is 366 g/mol. The summed E-state index contributed by atoms with van der Waals surface area (Å²) >= 11 is 1.76. The van der Waals surface area contributed by atoms with Gasteiger partial charge in [-0.3, -0.25) is 4.79 Å². The van der Waals surface area contributed by atoms with Crippen molar-refractivity contribution in [2.75, 3.05) is 12.8 Å². The van der Waals surface area contributed by atoms with Gasteiger partial charge in [0, 0.05) is 17.2 Å². The summed E-state index contributed by atoms with van der Waals surface area (Å²) in [5, 5.41) is 3.15. The fourth-order valence-electron chi connectivity index (χ4n) is 4.83. The Morgan fingerprint density at radius 2 is 1.93 bits per heavy atom. The molecule has 1 unspecified atom stereocenters. The van der Waals surface area contributed by atoms with Crippen LogP contribution in [0.1, 0.15) is 18.4 Å². The van der Waals surface area contributed by atoms with Gasteiger partial charge >= 0.3 is 0 Å². The molecule has 0 aromatic heterocycles. The topological polar surface area (TPSA) is 38.3 Å². The van der Waals surface area contributed by atoms with Crippen molar-refractivity contribution in [2.45, 2.75) is 30.3 Å². The molecule has 1 aliphatic heterocycles. The van der Waals surface area contributed by atoms with Crippen molar-refractivity contribution in [3.8, 4) is 16.9 Å². The van der Waals surface area contributed by atoms with Gasteiger partial charge in [-0.25, -0.2) is 0 Å². The van der Waals surface area contributed by atoms with Gasteiger partial charge in [-0.1, -0.05) is 30.4 Å². The third-order valence-corrected chi connectivity index (χ3v) is 7.09. The Morgan fingerprint density at radius 1 is 1.11 bits per heavy atom. The van der Waals surface area contributed by atoms with Crippen LogP contribution in [0, 0.1) is 17.8 Å². The van der Waals surface area contributed by atoms with Gasteiger partial charge in [-0.2, -0.15) is 0 Å². The predicted molar refractivity (Wildman–Crippen MR) is 114 cm³/mol. The number of hydrogen-bond acceptors (Lipinski definition) is 3. The van der Waals surface area contributed by atoms with E-state index >= 15 is 0 Å². The average Bonchev–Trinajstić information content (AvgIpc) is 3.46. The molecule has 1 fully saturated rings. The van der Waals surface area contributed by atoms with Crippen LogP contribution in [-0.2, 0) is 11.2 Å². The van der Waals surface area contributed by atoms with Crippen molar-refractivity contribution < 1.29 is 9.53 Å². The Bertz CT molecular complexity index is 921. The second-order valence-corrected chi connectivity index (χ2v) is 9.01. The maximum atomic E-state index is 12.6. The first-order valence-corrected chi connectivity index (χ1v) is 11.3. The maximum Gasteiger partial charge on any atom is 0.223 e. The van der Waals surface area contributed by atoms with Gasteiger partial charge in [0.25, 0.3) is 0 Å². The maximum absolute atomic E-state index is 12.6. The number of amides is 1. The Balaban J connectivity index is 1.21. The van der Waals surface area contributed by atoms with E-state index in [0.29, 0.717) is 18.4 Å². The summed E-state index contributed by atoms with van der Waals surface area (Å²) in [6, 6.07) is 15.1. The molecule has 1 heterocycles. The minimum absolute atomic E-state index is 0.0298. The van der Waals surface area contributed by atoms with E-state index in [0.717, 1.165) is 25.0 Å². The van der Waals surface area contributed by atoms with Crippen molar-refractivity contribution in [1.82, 2.24) is 5.32 Å². The fraction of sp³-hybridized carbons (Fsp3) is 0.375. The summed E-state index contributed by atoms with van der Waals surface area (Å²) in [6.45, 7) is 0.586. The van der Waals surface area contributed by atoms with Crippen LogP contribution in [0.3, 0.4) is 0 Å². The number of carbonyl (C=O) groups is 1. The van der Waals surface area contributed by atoms with Crippen LogP contribution in [-0.4, -0.2) is 24.8 Å². The number of rotatable bonds is 5. The van der Waals surface area contributed by atoms with E-state index in [9.17, 15) is 4.79 Å². The zero-order valence-electron chi connectivity index (χ0n) is 16.1. The monoisotopic (exact) mass is 391 g/mol. The van der Waals surface area contributed by atoms with Crippen molar-refractivity contribution >= 4 is 17.7 Å². The van der Waals surface area contributed by atoms with Crippen molar-refractivity contribution in [2.24, 2.45) is 17.8 Å². The molecule has 3 aliphatic rings. The van der Waals surface area contributed by atoms with Crippen LogP contribution in [0.5, 0.6) is 5.75 Å². The third-order valence-electron chi connectivity index (χ3n) is 6.34. The second kappa shape index (κ2) is 7.32. The summed E-state index contributed by atoms with van der Waals surface area (Å²) in [5.74, 6) is 2.38.